The molecule has 1 rings (SSSR count). The fourth-order valence-electron chi connectivity index (χ4n) is 1.06. The lowest BCUT2D eigenvalue weighted by Crippen LogP contribution is -2.19. The first-order chi connectivity index (χ1) is 6.16. The zero-order chi connectivity index (χ0) is 9.84. The molecular formula is C9H13BrN2O. The number of hydrogen-bond acceptors (Lipinski definition) is 3. The summed E-state index contributed by atoms with van der Waals surface area (Å²) in [6.07, 6.45) is 2.80. The highest BCUT2D eigenvalue weighted by Crippen LogP contribution is 2.26. The van der Waals surface area contributed by atoms with Gasteiger partial charge in [-0.2, -0.15) is 0 Å². The number of hydrogen-bond donors (Lipinski definition) is 2. The number of aliphatic hydroxyl groups excluding tert-OH is 1. The molecule has 2 unspecified atom stereocenters. The van der Waals surface area contributed by atoms with E-state index in [1.807, 2.05) is 6.92 Å². The average Bonchev–Trinajstić information content (AvgIpc) is 2.16. The topological polar surface area (TPSA) is 59.1 Å². The van der Waals surface area contributed by atoms with Crippen LogP contribution in [0.2, 0.25) is 0 Å². The Morgan fingerprint density at radius 2 is 2.38 bits per heavy atom. The van der Waals surface area contributed by atoms with Crippen LogP contribution in [-0.4, -0.2) is 16.6 Å². The van der Waals surface area contributed by atoms with Gasteiger partial charge in [-0.1, -0.05) is 6.92 Å². The molecule has 0 aromatic carbocycles. The fraction of sp³-hybridized carbons (Fsp3) is 0.444. The lowest BCUT2D eigenvalue weighted by Gasteiger charge is -2.18. The third-order valence-corrected chi connectivity index (χ3v) is 2.70. The molecule has 1 aromatic rings. The molecule has 3 nitrogen and oxygen atoms in total. The zero-order valence-corrected chi connectivity index (χ0v) is 9.03. The van der Waals surface area contributed by atoms with Crippen molar-refractivity contribution in [1.29, 1.82) is 0 Å². The highest BCUT2D eigenvalue weighted by Gasteiger charge is 2.16. The van der Waals surface area contributed by atoms with Gasteiger partial charge in [0, 0.05) is 16.9 Å². The summed E-state index contributed by atoms with van der Waals surface area (Å²) in [5.41, 5.74) is 6.31. The van der Waals surface area contributed by atoms with E-state index < -0.39 is 6.10 Å². The largest absolute Gasteiger partial charge is 0.388 e. The Morgan fingerprint density at radius 3 is 2.92 bits per heavy atom. The van der Waals surface area contributed by atoms with Gasteiger partial charge in [-0.25, -0.2) is 0 Å². The van der Waals surface area contributed by atoms with E-state index in [2.05, 4.69) is 20.9 Å². The van der Waals surface area contributed by atoms with Crippen molar-refractivity contribution in [2.45, 2.75) is 13.0 Å². The van der Waals surface area contributed by atoms with Crippen LogP contribution >= 0.6 is 15.9 Å². The third-order valence-electron chi connectivity index (χ3n) is 2.03. The van der Waals surface area contributed by atoms with Gasteiger partial charge in [0.2, 0.25) is 0 Å². The predicted molar refractivity (Wildman–Crippen MR) is 55.1 cm³/mol. The number of aromatic nitrogens is 1. The van der Waals surface area contributed by atoms with Crippen LogP contribution in [0.3, 0.4) is 0 Å². The molecule has 0 radical (unpaired) electrons. The summed E-state index contributed by atoms with van der Waals surface area (Å²) in [4.78, 5) is 3.92. The fourth-order valence-corrected chi connectivity index (χ4v) is 1.55. The van der Waals surface area contributed by atoms with Crippen molar-refractivity contribution in [3.63, 3.8) is 0 Å². The van der Waals surface area contributed by atoms with Gasteiger partial charge in [0.1, 0.15) is 0 Å². The van der Waals surface area contributed by atoms with E-state index in [0.717, 1.165) is 10.0 Å². The summed E-state index contributed by atoms with van der Waals surface area (Å²) >= 11 is 3.33. The molecule has 0 bridgehead atoms. The molecule has 1 aromatic heterocycles. The lowest BCUT2D eigenvalue weighted by molar-refractivity contribution is 0.121. The first-order valence-electron chi connectivity index (χ1n) is 4.14. The number of aliphatic hydroxyl groups is 1. The van der Waals surface area contributed by atoms with Gasteiger partial charge in [-0.15, -0.1) is 0 Å². The molecule has 0 saturated carbocycles. The Hall–Kier alpha value is -0.450. The number of nitrogens with two attached hydrogens (primary N) is 1. The first-order valence-corrected chi connectivity index (χ1v) is 4.93. The third kappa shape index (κ3) is 2.49. The molecule has 1 heterocycles. The van der Waals surface area contributed by atoms with Gasteiger partial charge >= 0.3 is 0 Å². The summed E-state index contributed by atoms with van der Waals surface area (Å²) < 4.78 is 0.822. The molecule has 2 atom stereocenters. The van der Waals surface area contributed by atoms with Crippen molar-refractivity contribution in [3.05, 3.63) is 28.5 Å². The van der Waals surface area contributed by atoms with E-state index in [4.69, 9.17) is 5.73 Å². The lowest BCUT2D eigenvalue weighted by atomic mass is 9.99. The van der Waals surface area contributed by atoms with E-state index in [1.165, 1.54) is 0 Å². The second-order valence-electron chi connectivity index (χ2n) is 3.06. The Bertz CT molecular complexity index is 280. The van der Waals surface area contributed by atoms with Crippen molar-refractivity contribution in [2.75, 3.05) is 6.54 Å². The van der Waals surface area contributed by atoms with E-state index in [-0.39, 0.29) is 5.92 Å². The van der Waals surface area contributed by atoms with Gasteiger partial charge in [0.25, 0.3) is 0 Å². The smallest absolute Gasteiger partial charge is 0.0839 e. The molecule has 72 valence electrons. The van der Waals surface area contributed by atoms with Crippen LogP contribution < -0.4 is 5.73 Å². The van der Waals surface area contributed by atoms with Gasteiger partial charge in [0.15, 0.2) is 0 Å². The maximum absolute atomic E-state index is 9.83. The molecule has 0 saturated heterocycles. The van der Waals surface area contributed by atoms with Crippen LogP contribution in [0.5, 0.6) is 0 Å². The van der Waals surface area contributed by atoms with Crippen molar-refractivity contribution in [1.82, 2.24) is 4.98 Å². The van der Waals surface area contributed by atoms with Crippen LogP contribution in [0.25, 0.3) is 0 Å². The number of nitrogens with zero attached hydrogens (tertiary/aromatic N) is 1. The molecule has 13 heavy (non-hydrogen) atoms. The minimum absolute atomic E-state index is 0.0544. The van der Waals surface area contributed by atoms with Crippen LogP contribution in [0.4, 0.5) is 0 Å². The Morgan fingerprint density at radius 1 is 1.69 bits per heavy atom. The molecule has 0 aliphatic rings. The molecule has 4 heteroatoms. The normalized spacial score (nSPS) is 15.4. The summed E-state index contributed by atoms with van der Waals surface area (Å²) in [5, 5.41) is 9.83. The minimum Gasteiger partial charge on any atom is -0.388 e. The molecule has 0 spiro atoms. The standard InChI is InChI=1S/C9H13BrN2O/c1-6(4-11)9(13)7-2-3-12-5-8(7)10/h2-3,5-6,9,13H,4,11H2,1H3. The van der Waals surface area contributed by atoms with E-state index in [9.17, 15) is 5.11 Å². The molecule has 3 N–H and O–H groups in total. The van der Waals surface area contributed by atoms with Gasteiger partial charge in [-0.3, -0.25) is 4.98 Å². The summed E-state index contributed by atoms with van der Waals surface area (Å²) in [7, 11) is 0. The molecule has 0 fully saturated rings. The maximum atomic E-state index is 9.83. The number of pyridine rings is 1. The number of rotatable bonds is 3. The van der Waals surface area contributed by atoms with Crippen LogP contribution in [0, 0.1) is 5.92 Å². The SMILES string of the molecule is CC(CN)C(O)c1ccncc1Br. The first kappa shape index (κ1) is 10.6. The highest BCUT2D eigenvalue weighted by molar-refractivity contribution is 9.10. The van der Waals surface area contributed by atoms with Crippen LogP contribution in [0.1, 0.15) is 18.6 Å². The Kier molecular flexibility index (Phi) is 3.84. The maximum Gasteiger partial charge on any atom is 0.0839 e. The quantitative estimate of drug-likeness (QED) is 0.847. The van der Waals surface area contributed by atoms with Gasteiger partial charge < -0.3 is 10.8 Å². The molecular weight excluding hydrogens is 232 g/mol. The molecule has 0 aliphatic carbocycles. The highest BCUT2D eigenvalue weighted by atomic mass is 79.9. The Balaban J connectivity index is 2.88. The van der Waals surface area contributed by atoms with Crippen LogP contribution in [-0.2, 0) is 0 Å². The Labute approximate surface area is 86.1 Å². The van der Waals surface area contributed by atoms with Crippen molar-refractivity contribution in [2.24, 2.45) is 11.7 Å². The van der Waals surface area contributed by atoms with Crippen molar-refractivity contribution in [3.8, 4) is 0 Å². The summed E-state index contributed by atoms with van der Waals surface area (Å²) in [5.74, 6) is 0.0544. The van der Waals surface area contributed by atoms with Crippen LogP contribution in [0.15, 0.2) is 22.9 Å². The summed E-state index contributed by atoms with van der Waals surface area (Å²) in [6.45, 7) is 2.38. The molecule has 0 amide bonds. The van der Waals surface area contributed by atoms with E-state index in [0.29, 0.717) is 6.54 Å². The van der Waals surface area contributed by atoms with Gasteiger partial charge in [-0.05, 0) is 40.0 Å². The predicted octanol–water partition coefficient (Wildman–Crippen LogP) is 1.47. The number of halogens is 1. The van der Waals surface area contributed by atoms with E-state index in [1.54, 1.807) is 18.5 Å². The van der Waals surface area contributed by atoms with Crippen molar-refractivity contribution < 1.29 is 5.11 Å². The second kappa shape index (κ2) is 4.69. The van der Waals surface area contributed by atoms with E-state index >= 15 is 0 Å². The minimum atomic E-state index is -0.526. The average molecular weight is 245 g/mol. The molecule has 0 aliphatic heterocycles. The monoisotopic (exact) mass is 244 g/mol. The second-order valence-corrected chi connectivity index (χ2v) is 3.91. The zero-order valence-electron chi connectivity index (χ0n) is 7.44. The van der Waals surface area contributed by atoms with Gasteiger partial charge in [0.05, 0.1) is 6.10 Å². The van der Waals surface area contributed by atoms with Crippen molar-refractivity contribution >= 4 is 15.9 Å². The summed E-state index contributed by atoms with van der Waals surface area (Å²) in [6, 6.07) is 1.79.